The Morgan fingerprint density at radius 2 is 2.32 bits per heavy atom. The molecule has 0 radical (unpaired) electrons. The number of morpholine rings is 1. The summed E-state index contributed by atoms with van der Waals surface area (Å²) in [6, 6.07) is 4.00. The zero-order chi connectivity index (χ0) is 14.0. The molecule has 0 saturated carbocycles. The van der Waals surface area contributed by atoms with Crippen LogP contribution in [0, 0.1) is 5.82 Å². The quantitative estimate of drug-likeness (QED) is 0.828. The maximum atomic E-state index is 13.2. The number of nitrogens with two attached hydrogens (primary N) is 1. The van der Waals surface area contributed by atoms with Crippen LogP contribution < -0.4 is 5.73 Å². The molecule has 1 amide bonds. The first-order chi connectivity index (χ1) is 8.99. The van der Waals surface area contributed by atoms with Gasteiger partial charge < -0.3 is 15.4 Å². The van der Waals surface area contributed by atoms with E-state index in [1.165, 1.54) is 18.2 Å². The van der Waals surface area contributed by atoms with Crippen LogP contribution in [0.5, 0.6) is 0 Å². The van der Waals surface area contributed by atoms with Crippen molar-refractivity contribution in [3.05, 3.63) is 34.1 Å². The monoisotopic (exact) mass is 346 g/mol. The van der Waals surface area contributed by atoms with E-state index in [1.807, 2.05) is 0 Å². The first-order valence-corrected chi connectivity index (χ1v) is 6.84. The average Bonchev–Trinajstić information content (AvgIpc) is 2.41. The number of amides is 1. The minimum atomic E-state index is -0.453. The smallest absolute Gasteiger partial charge is 0.255 e. The molecular formula is C12H12BrFN2O2S. The van der Waals surface area contributed by atoms with Crippen LogP contribution in [-0.4, -0.2) is 41.6 Å². The number of carbonyl (C=O) groups is 1. The first kappa shape index (κ1) is 14.4. The Labute approximate surface area is 123 Å². The Bertz CT molecular complexity index is 526. The zero-order valence-corrected chi connectivity index (χ0v) is 12.3. The second-order valence-corrected chi connectivity index (χ2v) is 5.46. The molecule has 1 aliphatic heterocycles. The van der Waals surface area contributed by atoms with Gasteiger partial charge in [0.1, 0.15) is 16.9 Å². The van der Waals surface area contributed by atoms with E-state index in [0.717, 1.165) is 0 Å². The van der Waals surface area contributed by atoms with Gasteiger partial charge in [-0.1, -0.05) is 12.2 Å². The highest BCUT2D eigenvalue weighted by Gasteiger charge is 2.27. The molecule has 19 heavy (non-hydrogen) atoms. The van der Waals surface area contributed by atoms with E-state index in [0.29, 0.717) is 17.6 Å². The normalized spacial score (nSPS) is 19.3. The van der Waals surface area contributed by atoms with E-state index in [1.54, 1.807) is 4.90 Å². The van der Waals surface area contributed by atoms with Gasteiger partial charge in [-0.2, -0.15) is 0 Å². The summed E-state index contributed by atoms with van der Waals surface area (Å²) in [4.78, 5) is 14.1. The van der Waals surface area contributed by atoms with Gasteiger partial charge in [0.2, 0.25) is 0 Å². The Hall–Kier alpha value is -1.05. The number of carbonyl (C=O) groups excluding carboxylic acids is 1. The Morgan fingerprint density at radius 1 is 1.58 bits per heavy atom. The van der Waals surface area contributed by atoms with Crippen molar-refractivity contribution in [2.24, 2.45) is 5.73 Å². The number of rotatable bonds is 2. The molecule has 1 aromatic rings. The third kappa shape index (κ3) is 3.29. The molecule has 2 N–H and O–H groups in total. The summed E-state index contributed by atoms with van der Waals surface area (Å²) in [6.45, 7) is 1.08. The molecule has 7 heteroatoms. The van der Waals surface area contributed by atoms with E-state index >= 15 is 0 Å². The lowest BCUT2D eigenvalue weighted by Gasteiger charge is -2.32. The Balaban J connectivity index is 2.19. The lowest BCUT2D eigenvalue weighted by atomic mass is 10.1. The Kier molecular flexibility index (Phi) is 4.49. The van der Waals surface area contributed by atoms with Crippen LogP contribution in [0.4, 0.5) is 4.39 Å². The summed E-state index contributed by atoms with van der Waals surface area (Å²) < 4.78 is 19.1. The molecular weight excluding hydrogens is 335 g/mol. The van der Waals surface area contributed by atoms with Gasteiger partial charge in [0.25, 0.3) is 5.91 Å². The van der Waals surface area contributed by atoms with Gasteiger partial charge in [0, 0.05) is 11.0 Å². The number of hydrogen-bond donors (Lipinski definition) is 1. The molecule has 1 atom stereocenters. The average molecular weight is 347 g/mol. The van der Waals surface area contributed by atoms with Crippen molar-refractivity contribution in [3.8, 4) is 0 Å². The molecule has 0 aromatic heterocycles. The third-order valence-electron chi connectivity index (χ3n) is 2.83. The van der Waals surface area contributed by atoms with Crippen LogP contribution >= 0.6 is 28.1 Å². The number of thiocarbonyl (C=S) groups is 1. The minimum Gasteiger partial charge on any atom is -0.391 e. The molecule has 4 nitrogen and oxygen atoms in total. The van der Waals surface area contributed by atoms with Crippen molar-refractivity contribution in [2.75, 3.05) is 19.7 Å². The van der Waals surface area contributed by atoms with Crippen LogP contribution in [0.2, 0.25) is 0 Å². The molecule has 102 valence electrons. The maximum absolute atomic E-state index is 13.2. The van der Waals surface area contributed by atoms with E-state index in [-0.39, 0.29) is 23.0 Å². The molecule has 0 bridgehead atoms. The van der Waals surface area contributed by atoms with E-state index in [9.17, 15) is 9.18 Å². The summed E-state index contributed by atoms with van der Waals surface area (Å²) in [5.74, 6) is -0.721. The molecule has 2 rings (SSSR count). The predicted octanol–water partition coefficient (Wildman–Crippen LogP) is 1.72. The number of halogens is 2. The van der Waals surface area contributed by atoms with Crippen LogP contribution in [0.3, 0.4) is 0 Å². The van der Waals surface area contributed by atoms with Gasteiger partial charge in [-0.15, -0.1) is 0 Å². The summed E-state index contributed by atoms with van der Waals surface area (Å²) in [5, 5.41) is 0. The van der Waals surface area contributed by atoms with E-state index in [2.05, 4.69) is 15.9 Å². The number of hydrogen-bond acceptors (Lipinski definition) is 3. The molecule has 1 saturated heterocycles. The largest absolute Gasteiger partial charge is 0.391 e. The molecule has 1 fully saturated rings. The Morgan fingerprint density at radius 3 is 3.00 bits per heavy atom. The maximum Gasteiger partial charge on any atom is 0.255 e. The van der Waals surface area contributed by atoms with Crippen molar-refractivity contribution < 1.29 is 13.9 Å². The number of nitrogens with zero attached hydrogens (tertiary/aromatic N) is 1. The third-order valence-corrected chi connectivity index (χ3v) is 3.78. The van der Waals surface area contributed by atoms with Crippen molar-refractivity contribution in [2.45, 2.75) is 6.10 Å². The molecule has 1 heterocycles. The van der Waals surface area contributed by atoms with Gasteiger partial charge in [0.05, 0.1) is 18.7 Å². The molecule has 0 spiro atoms. The highest BCUT2D eigenvalue weighted by atomic mass is 79.9. The predicted molar refractivity (Wildman–Crippen MR) is 76.5 cm³/mol. The summed E-state index contributed by atoms with van der Waals surface area (Å²) in [5.41, 5.74) is 5.80. The topological polar surface area (TPSA) is 55.6 Å². The van der Waals surface area contributed by atoms with E-state index < -0.39 is 11.9 Å². The molecule has 1 unspecified atom stereocenters. The molecule has 1 aromatic carbocycles. The van der Waals surface area contributed by atoms with Gasteiger partial charge in [0.15, 0.2) is 0 Å². The van der Waals surface area contributed by atoms with Crippen molar-refractivity contribution in [3.63, 3.8) is 0 Å². The highest BCUT2D eigenvalue weighted by molar-refractivity contribution is 9.10. The minimum absolute atomic E-state index is 0.218. The fourth-order valence-electron chi connectivity index (χ4n) is 1.84. The summed E-state index contributed by atoms with van der Waals surface area (Å²) >= 11 is 8.11. The van der Waals surface area contributed by atoms with E-state index in [4.69, 9.17) is 22.7 Å². The van der Waals surface area contributed by atoms with Crippen molar-refractivity contribution in [1.29, 1.82) is 0 Å². The first-order valence-electron chi connectivity index (χ1n) is 5.64. The lowest BCUT2D eigenvalue weighted by Crippen LogP contribution is -2.50. The fourth-order valence-corrected chi connectivity index (χ4v) is 2.40. The standard InChI is InChI=1S/C12H12BrFN2O2S/c13-9-2-1-7(14)5-8(9)12(17)16-3-4-18-10(6-16)11(15)19/h1-2,5,10H,3-4,6H2,(H2,15,19). The van der Waals surface area contributed by atoms with Crippen LogP contribution in [0.15, 0.2) is 22.7 Å². The SMILES string of the molecule is NC(=S)C1CN(C(=O)c2cc(F)ccc2Br)CCO1. The van der Waals surface area contributed by atoms with Gasteiger partial charge in [-0.25, -0.2) is 4.39 Å². The lowest BCUT2D eigenvalue weighted by molar-refractivity contribution is 0.00872. The second kappa shape index (κ2) is 5.94. The molecule has 0 aliphatic carbocycles. The summed E-state index contributed by atoms with van der Waals surface area (Å²) in [7, 11) is 0. The highest BCUT2D eigenvalue weighted by Crippen LogP contribution is 2.20. The van der Waals surface area contributed by atoms with Crippen molar-refractivity contribution >= 4 is 39.0 Å². The fraction of sp³-hybridized carbons (Fsp3) is 0.333. The van der Waals surface area contributed by atoms with Crippen molar-refractivity contribution in [1.82, 2.24) is 4.90 Å². The number of ether oxygens (including phenoxy) is 1. The van der Waals surface area contributed by atoms with Gasteiger partial charge >= 0.3 is 0 Å². The van der Waals surface area contributed by atoms with Gasteiger partial charge in [-0.3, -0.25) is 4.79 Å². The molecule has 1 aliphatic rings. The van der Waals surface area contributed by atoms with Crippen LogP contribution in [0.1, 0.15) is 10.4 Å². The summed E-state index contributed by atoms with van der Waals surface area (Å²) in [6.07, 6.45) is -0.444. The van der Waals surface area contributed by atoms with Crippen LogP contribution in [-0.2, 0) is 4.74 Å². The number of benzene rings is 1. The van der Waals surface area contributed by atoms with Crippen LogP contribution in [0.25, 0.3) is 0 Å². The van der Waals surface area contributed by atoms with Gasteiger partial charge in [-0.05, 0) is 34.1 Å². The zero-order valence-electron chi connectivity index (χ0n) is 9.94. The second-order valence-electron chi connectivity index (χ2n) is 4.14.